The first-order valence-corrected chi connectivity index (χ1v) is 6.63. The Bertz CT molecular complexity index is 457. The molecule has 0 fully saturated rings. The van der Waals surface area contributed by atoms with Crippen molar-refractivity contribution in [1.82, 2.24) is 10.2 Å². The summed E-state index contributed by atoms with van der Waals surface area (Å²) in [6.45, 7) is 5.03. The number of rotatable bonds is 7. The fourth-order valence-corrected chi connectivity index (χ4v) is 1.85. The van der Waals surface area contributed by atoms with Gasteiger partial charge in [0.2, 0.25) is 5.91 Å². The molecule has 0 saturated carbocycles. The molecule has 0 atom stereocenters. The zero-order valence-electron chi connectivity index (χ0n) is 12.1. The zero-order valence-corrected chi connectivity index (χ0v) is 12.1. The highest BCUT2D eigenvalue weighted by Gasteiger charge is 2.17. The Morgan fingerprint density at radius 1 is 1.35 bits per heavy atom. The lowest BCUT2D eigenvalue weighted by atomic mass is 10.1. The monoisotopic (exact) mass is 279 g/mol. The molecule has 0 aromatic heterocycles. The smallest absolute Gasteiger partial charge is 0.269 e. The number of non-ortho nitro benzene ring substituents is 1. The molecule has 6 nitrogen and oxygen atoms in total. The molecule has 1 aromatic carbocycles. The van der Waals surface area contributed by atoms with Gasteiger partial charge in [-0.15, -0.1) is 0 Å². The zero-order chi connectivity index (χ0) is 15.1. The first kappa shape index (κ1) is 16.1. The van der Waals surface area contributed by atoms with E-state index in [0.717, 1.165) is 5.56 Å². The third kappa shape index (κ3) is 4.62. The number of amides is 1. The minimum Gasteiger partial charge on any atom is -0.336 e. The molecule has 0 heterocycles. The normalized spacial score (nSPS) is 10.6. The van der Waals surface area contributed by atoms with E-state index in [2.05, 4.69) is 5.32 Å². The number of nitro benzene ring substituents is 1. The van der Waals surface area contributed by atoms with Crippen molar-refractivity contribution < 1.29 is 9.72 Å². The number of carbonyl (C=O) groups is 1. The van der Waals surface area contributed by atoms with E-state index in [1.54, 1.807) is 17.0 Å². The number of carbonyl (C=O) groups excluding carboxylic acids is 1. The van der Waals surface area contributed by atoms with Crippen LogP contribution in [0.15, 0.2) is 24.3 Å². The van der Waals surface area contributed by atoms with E-state index in [1.807, 2.05) is 20.9 Å². The maximum atomic E-state index is 12.1. The van der Waals surface area contributed by atoms with Gasteiger partial charge in [-0.1, -0.05) is 12.1 Å². The van der Waals surface area contributed by atoms with Crippen molar-refractivity contribution in [3.63, 3.8) is 0 Å². The first-order valence-electron chi connectivity index (χ1n) is 6.63. The van der Waals surface area contributed by atoms with Gasteiger partial charge in [-0.2, -0.15) is 0 Å². The second-order valence-corrected chi connectivity index (χ2v) is 4.89. The van der Waals surface area contributed by atoms with Gasteiger partial charge in [0.25, 0.3) is 5.69 Å². The lowest BCUT2D eigenvalue weighted by Gasteiger charge is -2.27. The molecule has 1 aromatic rings. The highest BCUT2D eigenvalue weighted by Crippen LogP contribution is 2.15. The van der Waals surface area contributed by atoms with E-state index >= 15 is 0 Å². The number of hydrogen-bond acceptors (Lipinski definition) is 4. The summed E-state index contributed by atoms with van der Waals surface area (Å²) in [4.78, 5) is 24.1. The molecule has 6 heteroatoms. The fourth-order valence-electron chi connectivity index (χ4n) is 1.85. The molecule has 0 bridgehead atoms. The first-order chi connectivity index (χ1) is 9.45. The van der Waals surface area contributed by atoms with Crippen LogP contribution in [0.25, 0.3) is 0 Å². The van der Waals surface area contributed by atoms with Crippen molar-refractivity contribution in [2.75, 3.05) is 13.6 Å². The highest BCUT2D eigenvalue weighted by molar-refractivity contribution is 5.76. The van der Waals surface area contributed by atoms with Gasteiger partial charge >= 0.3 is 0 Å². The van der Waals surface area contributed by atoms with Crippen molar-refractivity contribution in [2.45, 2.75) is 32.9 Å². The van der Waals surface area contributed by atoms with Crippen molar-refractivity contribution in [2.24, 2.45) is 0 Å². The van der Waals surface area contributed by atoms with E-state index in [1.165, 1.54) is 12.1 Å². The predicted octanol–water partition coefficient (Wildman–Crippen LogP) is 1.94. The van der Waals surface area contributed by atoms with E-state index in [4.69, 9.17) is 0 Å². The van der Waals surface area contributed by atoms with Gasteiger partial charge in [0, 0.05) is 37.7 Å². The maximum Gasteiger partial charge on any atom is 0.269 e. The van der Waals surface area contributed by atoms with Crippen molar-refractivity contribution in [3.8, 4) is 0 Å². The molecule has 0 aliphatic rings. The number of nitrogens with one attached hydrogen (secondary N) is 1. The standard InChI is InChI=1S/C14H21N3O3/c1-11(2)16(14(18)8-9-15-3)10-12-4-6-13(7-5-12)17(19)20/h4-7,11,15H,8-10H2,1-3H3. The average Bonchev–Trinajstić information content (AvgIpc) is 2.42. The largest absolute Gasteiger partial charge is 0.336 e. The van der Waals surface area contributed by atoms with E-state index in [-0.39, 0.29) is 17.6 Å². The van der Waals surface area contributed by atoms with Crippen LogP contribution in [0.3, 0.4) is 0 Å². The lowest BCUT2D eigenvalue weighted by molar-refractivity contribution is -0.384. The van der Waals surface area contributed by atoms with Crippen molar-refractivity contribution >= 4 is 11.6 Å². The van der Waals surface area contributed by atoms with E-state index in [9.17, 15) is 14.9 Å². The molecule has 0 unspecified atom stereocenters. The van der Waals surface area contributed by atoms with Gasteiger partial charge in [0.05, 0.1) is 4.92 Å². The summed E-state index contributed by atoms with van der Waals surface area (Å²) < 4.78 is 0. The summed E-state index contributed by atoms with van der Waals surface area (Å²) in [5.74, 6) is 0.0766. The van der Waals surface area contributed by atoms with Crippen molar-refractivity contribution in [1.29, 1.82) is 0 Å². The summed E-state index contributed by atoms with van der Waals surface area (Å²) in [5, 5.41) is 13.6. The van der Waals surface area contributed by atoms with Crippen LogP contribution in [0, 0.1) is 10.1 Å². The summed E-state index contributed by atoms with van der Waals surface area (Å²) in [6, 6.07) is 6.41. The Kier molecular flexibility index (Phi) is 6.11. The van der Waals surface area contributed by atoms with Gasteiger partial charge in [-0.25, -0.2) is 0 Å². The molecule has 0 aliphatic heterocycles. The molecule has 1 amide bonds. The summed E-state index contributed by atoms with van der Waals surface area (Å²) in [5.41, 5.74) is 0.952. The molecule has 0 radical (unpaired) electrons. The maximum absolute atomic E-state index is 12.1. The van der Waals surface area contributed by atoms with Crippen LogP contribution in [0.1, 0.15) is 25.8 Å². The summed E-state index contributed by atoms with van der Waals surface area (Å²) >= 11 is 0. The average molecular weight is 279 g/mol. The molecule has 1 N–H and O–H groups in total. The Balaban J connectivity index is 2.75. The van der Waals surface area contributed by atoms with Crippen LogP contribution in [0.2, 0.25) is 0 Å². The van der Waals surface area contributed by atoms with E-state index in [0.29, 0.717) is 19.5 Å². The topological polar surface area (TPSA) is 75.5 Å². The number of nitrogens with zero attached hydrogens (tertiary/aromatic N) is 2. The van der Waals surface area contributed by atoms with Crippen LogP contribution >= 0.6 is 0 Å². The molecular weight excluding hydrogens is 258 g/mol. The fraction of sp³-hybridized carbons (Fsp3) is 0.500. The molecule has 0 aliphatic carbocycles. The minimum absolute atomic E-state index is 0.0614. The SMILES string of the molecule is CNCCC(=O)N(Cc1ccc([N+](=O)[O-])cc1)C(C)C. The Morgan fingerprint density at radius 2 is 1.95 bits per heavy atom. The number of benzene rings is 1. The second-order valence-electron chi connectivity index (χ2n) is 4.89. The highest BCUT2D eigenvalue weighted by atomic mass is 16.6. The number of hydrogen-bond donors (Lipinski definition) is 1. The molecule has 110 valence electrons. The molecule has 20 heavy (non-hydrogen) atoms. The second kappa shape index (κ2) is 7.59. The predicted molar refractivity (Wildman–Crippen MR) is 77.3 cm³/mol. The van der Waals surface area contributed by atoms with Gasteiger partial charge in [0.15, 0.2) is 0 Å². The van der Waals surface area contributed by atoms with E-state index < -0.39 is 4.92 Å². The van der Waals surface area contributed by atoms with Crippen LogP contribution < -0.4 is 5.32 Å². The quantitative estimate of drug-likeness (QED) is 0.611. The lowest BCUT2D eigenvalue weighted by Crippen LogP contribution is -2.37. The van der Waals surface area contributed by atoms with Gasteiger partial charge < -0.3 is 10.2 Å². The Labute approximate surface area is 118 Å². The van der Waals surface area contributed by atoms with Crippen LogP contribution in [-0.2, 0) is 11.3 Å². The summed E-state index contributed by atoms with van der Waals surface area (Å²) in [7, 11) is 1.81. The van der Waals surface area contributed by atoms with Gasteiger partial charge in [-0.3, -0.25) is 14.9 Å². The third-order valence-corrected chi connectivity index (χ3v) is 3.03. The van der Waals surface area contributed by atoms with Crippen molar-refractivity contribution in [3.05, 3.63) is 39.9 Å². The molecular formula is C14H21N3O3. The number of nitro groups is 1. The molecule has 1 rings (SSSR count). The molecule has 0 saturated heterocycles. The minimum atomic E-state index is -0.429. The van der Waals surface area contributed by atoms with Crippen LogP contribution in [0.5, 0.6) is 0 Å². The van der Waals surface area contributed by atoms with Gasteiger partial charge in [-0.05, 0) is 26.5 Å². The van der Waals surface area contributed by atoms with Crippen LogP contribution in [0.4, 0.5) is 5.69 Å². The van der Waals surface area contributed by atoms with Crippen LogP contribution in [-0.4, -0.2) is 35.4 Å². The van der Waals surface area contributed by atoms with Gasteiger partial charge in [0.1, 0.15) is 0 Å². The third-order valence-electron chi connectivity index (χ3n) is 3.03. The molecule has 0 spiro atoms. The Hall–Kier alpha value is -1.95. The summed E-state index contributed by atoms with van der Waals surface area (Å²) in [6.07, 6.45) is 0.446. The Morgan fingerprint density at radius 3 is 2.40 bits per heavy atom.